The first-order chi connectivity index (χ1) is 15.3. The van der Waals surface area contributed by atoms with Crippen molar-refractivity contribution in [2.75, 3.05) is 0 Å². The van der Waals surface area contributed by atoms with Crippen LogP contribution in [-0.2, 0) is 11.2 Å². The van der Waals surface area contributed by atoms with E-state index in [4.69, 9.17) is 0 Å². The molecule has 2 saturated heterocycles. The van der Waals surface area contributed by atoms with Crippen LogP contribution >= 0.6 is 11.3 Å². The lowest BCUT2D eigenvalue weighted by Gasteiger charge is -2.50. The minimum atomic E-state index is -0.0523. The van der Waals surface area contributed by atoms with E-state index < -0.39 is 0 Å². The van der Waals surface area contributed by atoms with Gasteiger partial charge in [0.2, 0.25) is 5.91 Å². The van der Waals surface area contributed by atoms with Crippen molar-refractivity contribution in [2.45, 2.75) is 90.4 Å². The van der Waals surface area contributed by atoms with Crippen LogP contribution in [0.3, 0.4) is 0 Å². The topological polar surface area (TPSA) is 53.5 Å². The average Bonchev–Trinajstić information content (AvgIpc) is 3.16. The summed E-state index contributed by atoms with van der Waals surface area (Å²) in [6.45, 7) is 7.97. The lowest BCUT2D eigenvalue weighted by molar-refractivity contribution is -0.141. The highest BCUT2D eigenvalue weighted by atomic mass is 32.1. The van der Waals surface area contributed by atoms with E-state index in [0.717, 1.165) is 54.1 Å². The standard InChI is InChI=1S/C26H33N3O2S/c1-16-24(32-17(2)27-16)25(31)29-21-15-26(4)22(12-8-9-13-23(26)29)28(18(3)30)20(21)14-19-10-6-5-7-11-19/h5-7,10-11,20-23H,8-9,12-15H2,1-4H3/t20-,21+,22-,23+,26-/m1/s1. The van der Waals surface area contributed by atoms with Gasteiger partial charge in [-0.3, -0.25) is 9.59 Å². The van der Waals surface area contributed by atoms with E-state index in [-0.39, 0.29) is 41.4 Å². The van der Waals surface area contributed by atoms with Gasteiger partial charge in [0.1, 0.15) is 4.88 Å². The molecule has 1 saturated carbocycles. The van der Waals surface area contributed by atoms with Crippen LogP contribution in [0.1, 0.15) is 71.9 Å². The number of hydrogen-bond acceptors (Lipinski definition) is 4. The predicted octanol–water partition coefficient (Wildman–Crippen LogP) is 4.77. The zero-order valence-electron chi connectivity index (χ0n) is 19.5. The molecule has 5 atom stereocenters. The zero-order chi connectivity index (χ0) is 22.6. The monoisotopic (exact) mass is 451 g/mol. The van der Waals surface area contributed by atoms with Gasteiger partial charge in [-0.2, -0.15) is 0 Å². The third kappa shape index (κ3) is 3.30. The smallest absolute Gasteiger partial charge is 0.266 e. The van der Waals surface area contributed by atoms with Crippen molar-refractivity contribution < 1.29 is 9.59 Å². The fourth-order valence-electron chi connectivity index (χ4n) is 6.94. The molecule has 1 aromatic heterocycles. The van der Waals surface area contributed by atoms with Crippen LogP contribution in [-0.4, -0.2) is 50.8 Å². The van der Waals surface area contributed by atoms with Gasteiger partial charge < -0.3 is 9.80 Å². The normalized spacial score (nSPS) is 31.5. The Morgan fingerprint density at radius 1 is 1.09 bits per heavy atom. The van der Waals surface area contributed by atoms with Crippen LogP contribution in [0.5, 0.6) is 0 Å². The summed E-state index contributed by atoms with van der Waals surface area (Å²) < 4.78 is 0. The molecule has 5 nitrogen and oxygen atoms in total. The largest absolute Gasteiger partial charge is 0.334 e. The number of aryl methyl sites for hydroxylation is 2. The molecule has 0 N–H and O–H groups in total. The molecule has 0 radical (unpaired) electrons. The third-order valence-electron chi connectivity index (χ3n) is 8.19. The fourth-order valence-corrected chi connectivity index (χ4v) is 7.81. The quantitative estimate of drug-likeness (QED) is 0.676. The Bertz CT molecular complexity index is 1030. The van der Waals surface area contributed by atoms with Crippen molar-refractivity contribution in [3.63, 3.8) is 0 Å². The number of rotatable bonds is 3. The second kappa shape index (κ2) is 7.98. The van der Waals surface area contributed by atoms with E-state index in [1.54, 1.807) is 6.92 Å². The van der Waals surface area contributed by atoms with Crippen molar-refractivity contribution in [1.29, 1.82) is 0 Å². The summed E-state index contributed by atoms with van der Waals surface area (Å²) in [6.07, 6.45) is 6.05. The summed E-state index contributed by atoms with van der Waals surface area (Å²) >= 11 is 1.51. The number of carbonyl (C=O) groups is 2. The highest BCUT2D eigenvalue weighted by Gasteiger charge is 2.63. The molecule has 5 rings (SSSR count). The molecule has 1 aromatic carbocycles. The van der Waals surface area contributed by atoms with Gasteiger partial charge in [-0.25, -0.2) is 4.98 Å². The molecule has 1 aliphatic carbocycles. The number of thiazole rings is 1. The molecule has 0 spiro atoms. The minimum Gasteiger partial charge on any atom is -0.334 e. The van der Waals surface area contributed by atoms with Crippen molar-refractivity contribution in [3.8, 4) is 0 Å². The fraction of sp³-hybridized carbons (Fsp3) is 0.577. The Hall–Kier alpha value is -2.21. The molecular weight excluding hydrogens is 418 g/mol. The van der Waals surface area contributed by atoms with Crippen LogP contribution in [0.15, 0.2) is 30.3 Å². The Labute approximate surface area is 194 Å². The number of amides is 2. The molecule has 3 aliphatic rings. The van der Waals surface area contributed by atoms with Gasteiger partial charge >= 0.3 is 0 Å². The Morgan fingerprint density at radius 2 is 1.75 bits per heavy atom. The van der Waals surface area contributed by atoms with E-state index in [1.807, 2.05) is 19.9 Å². The lowest BCUT2D eigenvalue weighted by atomic mass is 9.69. The first-order valence-corrected chi connectivity index (χ1v) is 12.7. The number of likely N-dealkylation sites (tertiary alicyclic amines) is 2. The molecule has 6 heteroatoms. The van der Waals surface area contributed by atoms with E-state index in [0.29, 0.717) is 0 Å². The van der Waals surface area contributed by atoms with E-state index in [2.05, 4.69) is 46.0 Å². The highest BCUT2D eigenvalue weighted by molar-refractivity contribution is 7.13. The maximum Gasteiger partial charge on any atom is 0.266 e. The Kier molecular flexibility index (Phi) is 5.39. The third-order valence-corrected chi connectivity index (χ3v) is 9.25. The molecule has 2 aliphatic heterocycles. The van der Waals surface area contributed by atoms with Gasteiger partial charge in [0.05, 0.1) is 22.8 Å². The maximum absolute atomic E-state index is 14.0. The summed E-state index contributed by atoms with van der Waals surface area (Å²) in [5.41, 5.74) is 2.00. The predicted molar refractivity (Wildman–Crippen MR) is 127 cm³/mol. The number of aromatic nitrogens is 1. The highest BCUT2D eigenvalue weighted by Crippen LogP contribution is 2.56. The summed E-state index contributed by atoms with van der Waals surface area (Å²) in [4.78, 5) is 36.8. The van der Waals surface area contributed by atoms with Gasteiger partial charge in [-0.05, 0) is 45.1 Å². The van der Waals surface area contributed by atoms with Crippen molar-refractivity contribution in [3.05, 3.63) is 51.5 Å². The van der Waals surface area contributed by atoms with Crippen LogP contribution in [0.2, 0.25) is 0 Å². The number of carbonyl (C=O) groups excluding carboxylic acids is 2. The van der Waals surface area contributed by atoms with E-state index in [1.165, 1.54) is 16.9 Å². The second-order valence-electron chi connectivity index (χ2n) is 10.1. The first-order valence-electron chi connectivity index (χ1n) is 11.9. The molecule has 32 heavy (non-hydrogen) atoms. The molecule has 2 aromatic rings. The number of hydrogen-bond donors (Lipinski definition) is 0. The molecule has 3 fully saturated rings. The van der Waals surface area contributed by atoms with E-state index in [9.17, 15) is 9.59 Å². The van der Waals surface area contributed by atoms with Gasteiger partial charge in [0.15, 0.2) is 0 Å². The summed E-state index contributed by atoms with van der Waals surface area (Å²) in [5, 5.41) is 0.934. The number of benzene rings is 1. The van der Waals surface area contributed by atoms with Gasteiger partial charge in [0.25, 0.3) is 5.91 Å². The molecule has 0 unspecified atom stereocenters. The average molecular weight is 452 g/mol. The van der Waals surface area contributed by atoms with Gasteiger partial charge in [0, 0.05) is 24.4 Å². The Balaban J connectivity index is 1.62. The SMILES string of the molecule is CC(=O)N1[C@H](Cc2ccccc2)[C@@H]2C[C@@]3(C)[C@H](CCCC[C@@H]13)N2C(=O)c1sc(C)nc1C. The van der Waals surface area contributed by atoms with Crippen LogP contribution in [0.4, 0.5) is 0 Å². The summed E-state index contributed by atoms with van der Waals surface area (Å²) in [7, 11) is 0. The summed E-state index contributed by atoms with van der Waals surface area (Å²) in [5.74, 6) is 0.266. The lowest BCUT2D eigenvalue weighted by Crippen LogP contribution is -2.61. The zero-order valence-corrected chi connectivity index (χ0v) is 20.3. The maximum atomic E-state index is 14.0. The van der Waals surface area contributed by atoms with E-state index >= 15 is 0 Å². The van der Waals surface area contributed by atoms with Crippen molar-refractivity contribution in [1.82, 2.24) is 14.8 Å². The van der Waals surface area contributed by atoms with Crippen LogP contribution < -0.4 is 0 Å². The molecule has 3 heterocycles. The molecule has 2 bridgehead atoms. The molecule has 170 valence electrons. The number of fused-ring (bicyclic) bond motifs is 1. The molecule has 2 amide bonds. The Morgan fingerprint density at radius 3 is 2.34 bits per heavy atom. The second-order valence-corrected chi connectivity index (χ2v) is 11.3. The minimum absolute atomic E-state index is 0.00866. The van der Waals surface area contributed by atoms with Crippen LogP contribution in [0.25, 0.3) is 0 Å². The number of piperidine rings is 1. The van der Waals surface area contributed by atoms with Gasteiger partial charge in [-0.1, -0.05) is 50.1 Å². The first kappa shape index (κ1) is 21.6. The number of nitrogens with zero attached hydrogens (tertiary/aromatic N) is 3. The van der Waals surface area contributed by atoms with Crippen LogP contribution in [0, 0.1) is 19.3 Å². The van der Waals surface area contributed by atoms with Crippen molar-refractivity contribution in [2.24, 2.45) is 5.41 Å². The molecular formula is C26H33N3O2S. The summed E-state index contributed by atoms with van der Waals surface area (Å²) in [6, 6.07) is 10.9. The van der Waals surface area contributed by atoms with Gasteiger partial charge in [-0.15, -0.1) is 11.3 Å². The van der Waals surface area contributed by atoms with Crippen molar-refractivity contribution >= 4 is 23.2 Å².